The van der Waals surface area contributed by atoms with Gasteiger partial charge in [-0.25, -0.2) is 4.98 Å². The lowest BCUT2D eigenvalue weighted by atomic mass is 10.3. The van der Waals surface area contributed by atoms with E-state index in [2.05, 4.69) is 21.5 Å². The minimum atomic E-state index is -0.374. The first-order valence-corrected chi connectivity index (χ1v) is 9.03. The summed E-state index contributed by atoms with van der Waals surface area (Å²) in [5.41, 5.74) is 1.02. The van der Waals surface area contributed by atoms with E-state index in [1.807, 2.05) is 18.4 Å². The molecule has 4 rings (SSSR count). The molecule has 0 aliphatic heterocycles. The molecule has 0 bridgehead atoms. The fourth-order valence-electron chi connectivity index (χ4n) is 2.16. The van der Waals surface area contributed by atoms with E-state index in [0.717, 1.165) is 15.1 Å². The van der Waals surface area contributed by atoms with Gasteiger partial charge >= 0.3 is 0 Å². The van der Waals surface area contributed by atoms with E-state index in [9.17, 15) is 4.79 Å². The van der Waals surface area contributed by atoms with Crippen molar-refractivity contribution in [3.63, 3.8) is 0 Å². The summed E-state index contributed by atoms with van der Waals surface area (Å²) in [6.45, 7) is 0. The maximum Gasteiger partial charge on any atom is 0.279 e. The zero-order valence-electron chi connectivity index (χ0n) is 12.5. The lowest BCUT2D eigenvalue weighted by Gasteiger charge is -1.95. The molecule has 0 aliphatic rings. The molecule has 24 heavy (non-hydrogen) atoms. The Morgan fingerprint density at radius 1 is 1.25 bits per heavy atom. The van der Waals surface area contributed by atoms with Crippen LogP contribution in [0.2, 0.25) is 0 Å². The van der Waals surface area contributed by atoms with Crippen molar-refractivity contribution in [3.8, 4) is 11.5 Å². The van der Waals surface area contributed by atoms with Crippen molar-refractivity contribution in [3.05, 3.63) is 48.4 Å². The fourth-order valence-corrected chi connectivity index (χ4v) is 3.58. The van der Waals surface area contributed by atoms with Crippen molar-refractivity contribution in [2.75, 3.05) is 11.6 Å². The van der Waals surface area contributed by atoms with Gasteiger partial charge in [0.15, 0.2) is 16.6 Å². The number of benzene rings is 1. The second-order valence-electron chi connectivity index (χ2n) is 4.86. The smallest absolute Gasteiger partial charge is 0.279 e. The van der Waals surface area contributed by atoms with Gasteiger partial charge < -0.3 is 8.94 Å². The van der Waals surface area contributed by atoms with Gasteiger partial charge in [0.1, 0.15) is 0 Å². The highest BCUT2D eigenvalue weighted by Crippen LogP contribution is 2.30. The van der Waals surface area contributed by atoms with Crippen molar-refractivity contribution < 1.29 is 13.7 Å². The van der Waals surface area contributed by atoms with Crippen LogP contribution < -0.4 is 5.32 Å². The summed E-state index contributed by atoms with van der Waals surface area (Å²) in [5.74, 6) is 0.547. The number of nitrogens with zero attached hydrogens (tertiary/aromatic N) is 2. The molecule has 0 atom stereocenters. The number of furan rings is 1. The van der Waals surface area contributed by atoms with Crippen LogP contribution in [-0.4, -0.2) is 22.3 Å². The SMILES string of the molecule is CSc1ccc2nc(NC(=O)c3cc(-c4ccco4)on3)sc2c1. The summed E-state index contributed by atoms with van der Waals surface area (Å²) >= 11 is 3.09. The molecule has 1 N–H and O–H groups in total. The monoisotopic (exact) mass is 357 g/mol. The molecule has 0 saturated carbocycles. The molecular formula is C16H11N3O3S2. The van der Waals surface area contributed by atoms with E-state index in [0.29, 0.717) is 16.7 Å². The number of carbonyl (C=O) groups is 1. The Hall–Kier alpha value is -2.58. The third-order valence-electron chi connectivity index (χ3n) is 3.32. The van der Waals surface area contributed by atoms with Crippen LogP contribution >= 0.6 is 23.1 Å². The number of aromatic nitrogens is 2. The summed E-state index contributed by atoms with van der Waals surface area (Å²) in [7, 11) is 0. The molecule has 0 fully saturated rings. The van der Waals surface area contributed by atoms with Gasteiger partial charge in [-0.2, -0.15) is 0 Å². The molecule has 8 heteroatoms. The average molecular weight is 357 g/mol. The molecule has 1 aromatic carbocycles. The number of thioether (sulfide) groups is 1. The van der Waals surface area contributed by atoms with Gasteiger partial charge in [-0.15, -0.1) is 11.8 Å². The Bertz CT molecular complexity index is 1000. The van der Waals surface area contributed by atoms with Gasteiger partial charge in [0, 0.05) is 11.0 Å². The minimum absolute atomic E-state index is 0.172. The first-order chi connectivity index (χ1) is 11.7. The largest absolute Gasteiger partial charge is 0.461 e. The molecule has 0 aliphatic carbocycles. The van der Waals surface area contributed by atoms with Crippen LogP contribution in [0.4, 0.5) is 5.13 Å². The van der Waals surface area contributed by atoms with Gasteiger partial charge in [-0.1, -0.05) is 16.5 Å². The number of hydrogen-bond donors (Lipinski definition) is 1. The molecule has 3 heterocycles. The maximum atomic E-state index is 12.3. The standard InChI is InChI=1S/C16H11N3O3S2/c1-23-9-4-5-10-14(7-9)24-16(17-10)18-15(20)11-8-13(22-19-11)12-3-2-6-21-12/h2-8H,1H3,(H,17,18,20). The second kappa shape index (κ2) is 6.14. The van der Waals surface area contributed by atoms with Crippen LogP contribution in [0.5, 0.6) is 0 Å². The molecule has 0 radical (unpaired) electrons. The van der Waals surface area contributed by atoms with E-state index in [-0.39, 0.29) is 11.6 Å². The van der Waals surface area contributed by atoms with Gasteiger partial charge in [-0.05, 0) is 36.6 Å². The predicted molar refractivity (Wildman–Crippen MR) is 93.6 cm³/mol. The second-order valence-corrected chi connectivity index (χ2v) is 6.77. The molecule has 6 nitrogen and oxygen atoms in total. The summed E-state index contributed by atoms with van der Waals surface area (Å²) in [6, 6.07) is 11.0. The topological polar surface area (TPSA) is 81.2 Å². The minimum Gasteiger partial charge on any atom is -0.461 e. The first-order valence-electron chi connectivity index (χ1n) is 6.99. The van der Waals surface area contributed by atoms with Crippen molar-refractivity contribution in [1.82, 2.24) is 10.1 Å². The van der Waals surface area contributed by atoms with Crippen LogP contribution in [0.1, 0.15) is 10.5 Å². The highest BCUT2D eigenvalue weighted by Gasteiger charge is 2.16. The zero-order chi connectivity index (χ0) is 16.5. The van der Waals surface area contributed by atoms with E-state index >= 15 is 0 Å². The number of nitrogens with one attached hydrogen (secondary N) is 1. The number of anilines is 1. The molecule has 0 saturated heterocycles. The van der Waals surface area contributed by atoms with Crippen molar-refractivity contribution >= 4 is 44.4 Å². The Labute approximate surface area is 144 Å². The Kier molecular flexibility index (Phi) is 3.83. The van der Waals surface area contributed by atoms with E-state index in [1.54, 1.807) is 23.9 Å². The van der Waals surface area contributed by atoms with Gasteiger partial charge in [0.05, 0.1) is 16.5 Å². The lowest BCUT2D eigenvalue weighted by Crippen LogP contribution is -2.11. The number of hydrogen-bond acceptors (Lipinski definition) is 7. The molecule has 0 unspecified atom stereocenters. The highest BCUT2D eigenvalue weighted by molar-refractivity contribution is 7.98. The molecule has 0 spiro atoms. The molecule has 120 valence electrons. The maximum absolute atomic E-state index is 12.3. The van der Waals surface area contributed by atoms with E-state index in [1.165, 1.54) is 23.7 Å². The number of carbonyl (C=O) groups excluding carboxylic acids is 1. The summed E-state index contributed by atoms with van der Waals surface area (Å²) in [6.07, 6.45) is 3.55. The summed E-state index contributed by atoms with van der Waals surface area (Å²) in [4.78, 5) is 17.9. The zero-order valence-corrected chi connectivity index (χ0v) is 14.1. The Balaban J connectivity index is 1.55. The molecule has 4 aromatic rings. The lowest BCUT2D eigenvalue weighted by molar-refractivity contribution is 0.101. The van der Waals surface area contributed by atoms with Gasteiger partial charge in [0.25, 0.3) is 5.91 Å². The first kappa shape index (κ1) is 15.0. The third kappa shape index (κ3) is 2.81. The third-order valence-corrected chi connectivity index (χ3v) is 4.98. The predicted octanol–water partition coefficient (Wildman–Crippen LogP) is 4.52. The van der Waals surface area contributed by atoms with E-state index in [4.69, 9.17) is 8.94 Å². The van der Waals surface area contributed by atoms with Crippen LogP contribution in [0.25, 0.3) is 21.7 Å². The normalized spacial score (nSPS) is 11.0. The molecule has 3 aromatic heterocycles. The number of thiazole rings is 1. The molecule has 1 amide bonds. The average Bonchev–Trinajstić information content (AvgIpc) is 3.32. The van der Waals surface area contributed by atoms with Crippen LogP contribution in [-0.2, 0) is 0 Å². The van der Waals surface area contributed by atoms with Crippen LogP contribution in [0.3, 0.4) is 0 Å². The Morgan fingerprint density at radius 2 is 2.17 bits per heavy atom. The molecular weight excluding hydrogens is 346 g/mol. The van der Waals surface area contributed by atoms with Gasteiger partial charge in [0.2, 0.25) is 5.76 Å². The van der Waals surface area contributed by atoms with Crippen molar-refractivity contribution in [2.45, 2.75) is 4.90 Å². The number of rotatable bonds is 4. The summed E-state index contributed by atoms with van der Waals surface area (Å²) in [5, 5.41) is 7.05. The van der Waals surface area contributed by atoms with Crippen molar-refractivity contribution in [2.24, 2.45) is 0 Å². The van der Waals surface area contributed by atoms with Crippen molar-refractivity contribution in [1.29, 1.82) is 0 Å². The van der Waals surface area contributed by atoms with Gasteiger partial charge in [-0.3, -0.25) is 10.1 Å². The summed E-state index contributed by atoms with van der Waals surface area (Å²) < 4.78 is 11.4. The Morgan fingerprint density at radius 3 is 2.96 bits per heavy atom. The number of amides is 1. The van der Waals surface area contributed by atoms with Crippen LogP contribution in [0, 0.1) is 0 Å². The van der Waals surface area contributed by atoms with Crippen LogP contribution in [0.15, 0.2) is 56.5 Å². The number of fused-ring (bicyclic) bond motifs is 1. The fraction of sp³-hybridized carbons (Fsp3) is 0.0625. The van der Waals surface area contributed by atoms with E-state index < -0.39 is 0 Å². The quantitative estimate of drug-likeness (QED) is 0.541. The highest BCUT2D eigenvalue weighted by atomic mass is 32.2.